The summed E-state index contributed by atoms with van der Waals surface area (Å²) in [5, 5.41) is 0.801. The number of rotatable bonds is 3. The molecule has 1 saturated carbocycles. The molecule has 2 nitrogen and oxygen atoms in total. The van der Waals surface area contributed by atoms with E-state index in [-0.39, 0.29) is 5.41 Å². The highest BCUT2D eigenvalue weighted by Crippen LogP contribution is 2.48. The zero-order valence-electron chi connectivity index (χ0n) is 9.85. The Morgan fingerprint density at radius 2 is 2.12 bits per heavy atom. The fraction of sp³-hybridized carbons (Fsp3) is 0.538. The molecule has 1 aromatic carbocycles. The lowest BCUT2D eigenvalue weighted by atomic mass is 9.63. The Balaban J connectivity index is 2.56. The topological polar surface area (TPSA) is 35.2 Å². The van der Waals surface area contributed by atoms with E-state index in [4.69, 9.17) is 22.1 Å². The largest absolute Gasteiger partial charge is 0.496 e. The summed E-state index contributed by atoms with van der Waals surface area (Å²) < 4.78 is 5.45. The minimum Gasteiger partial charge on any atom is -0.496 e. The summed E-state index contributed by atoms with van der Waals surface area (Å²) in [5.41, 5.74) is 8.38. The normalized spacial score (nSPS) is 18.0. The van der Waals surface area contributed by atoms with Gasteiger partial charge in [0.25, 0.3) is 0 Å². The van der Waals surface area contributed by atoms with Crippen molar-refractivity contribution in [1.29, 1.82) is 0 Å². The molecule has 0 heterocycles. The fourth-order valence-corrected chi connectivity index (χ4v) is 2.81. The van der Waals surface area contributed by atoms with Gasteiger partial charge in [-0.15, -0.1) is 0 Å². The van der Waals surface area contributed by atoms with Crippen molar-refractivity contribution in [3.63, 3.8) is 0 Å². The highest BCUT2D eigenvalue weighted by Gasteiger charge is 2.40. The minimum atomic E-state index is 0.0975. The molecular formula is C13H18ClNO. The molecule has 0 spiro atoms. The molecule has 1 aliphatic rings. The van der Waals surface area contributed by atoms with E-state index in [0.717, 1.165) is 29.2 Å². The number of ether oxygens (including phenoxy) is 1. The SMILES string of the molecule is COc1ccc(Cl)c(C)c1C1(CN)CCC1. The van der Waals surface area contributed by atoms with Crippen LogP contribution in [0.3, 0.4) is 0 Å². The van der Waals surface area contributed by atoms with Crippen molar-refractivity contribution < 1.29 is 4.74 Å². The van der Waals surface area contributed by atoms with Crippen LogP contribution in [0.4, 0.5) is 0 Å². The molecule has 0 aromatic heterocycles. The summed E-state index contributed by atoms with van der Waals surface area (Å²) in [4.78, 5) is 0. The first-order chi connectivity index (χ1) is 7.64. The summed E-state index contributed by atoms with van der Waals surface area (Å²) in [6.07, 6.45) is 3.52. The van der Waals surface area contributed by atoms with E-state index < -0.39 is 0 Å². The number of nitrogens with two attached hydrogens (primary N) is 1. The molecule has 0 atom stereocenters. The van der Waals surface area contributed by atoms with Gasteiger partial charge in [-0.05, 0) is 37.5 Å². The van der Waals surface area contributed by atoms with Crippen LogP contribution in [0.25, 0.3) is 0 Å². The van der Waals surface area contributed by atoms with Gasteiger partial charge >= 0.3 is 0 Å². The van der Waals surface area contributed by atoms with Crippen LogP contribution in [0.2, 0.25) is 5.02 Å². The molecule has 3 heteroatoms. The average Bonchev–Trinajstić information content (AvgIpc) is 2.23. The lowest BCUT2D eigenvalue weighted by molar-refractivity contribution is 0.242. The maximum Gasteiger partial charge on any atom is 0.123 e. The zero-order chi connectivity index (χ0) is 11.8. The van der Waals surface area contributed by atoms with Crippen molar-refractivity contribution in [3.8, 4) is 5.75 Å². The number of hydrogen-bond acceptors (Lipinski definition) is 2. The summed E-state index contributed by atoms with van der Waals surface area (Å²) in [6, 6.07) is 3.84. The first-order valence-electron chi connectivity index (χ1n) is 5.68. The van der Waals surface area contributed by atoms with Crippen molar-refractivity contribution in [2.45, 2.75) is 31.6 Å². The Bertz CT molecular complexity index is 394. The fourth-order valence-electron chi connectivity index (χ4n) is 2.65. The van der Waals surface area contributed by atoms with Crippen LogP contribution in [0.15, 0.2) is 12.1 Å². The minimum absolute atomic E-state index is 0.0975. The predicted molar refractivity (Wildman–Crippen MR) is 67.3 cm³/mol. The lowest BCUT2D eigenvalue weighted by Gasteiger charge is -2.43. The Hall–Kier alpha value is -0.730. The first kappa shape index (κ1) is 11.7. The van der Waals surface area contributed by atoms with Gasteiger partial charge in [0.05, 0.1) is 7.11 Å². The van der Waals surface area contributed by atoms with Crippen LogP contribution >= 0.6 is 11.6 Å². The van der Waals surface area contributed by atoms with Crippen LogP contribution in [-0.4, -0.2) is 13.7 Å². The molecule has 1 aliphatic carbocycles. The summed E-state index contributed by atoms with van der Waals surface area (Å²) >= 11 is 6.19. The van der Waals surface area contributed by atoms with Crippen molar-refractivity contribution in [3.05, 3.63) is 28.3 Å². The predicted octanol–water partition coefficient (Wildman–Crippen LogP) is 3.04. The van der Waals surface area contributed by atoms with E-state index in [2.05, 4.69) is 6.92 Å². The third kappa shape index (κ3) is 1.61. The molecule has 0 radical (unpaired) electrons. The number of benzene rings is 1. The van der Waals surface area contributed by atoms with Crippen molar-refractivity contribution in [1.82, 2.24) is 0 Å². The van der Waals surface area contributed by atoms with Gasteiger partial charge in [0.1, 0.15) is 5.75 Å². The quantitative estimate of drug-likeness (QED) is 0.880. The second-order valence-electron chi connectivity index (χ2n) is 4.59. The Labute approximate surface area is 102 Å². The van der Waals surface area contributed by atoms with Gasteiger partial charge in [0, 0.05) is 22.5 Å². The summed E-state index contributed by atoms with van der Waals surface area (Å²) in [6.45, 7) is 2.72. The third-order valence-corrected chi connectivity index (χ3v) is 4.22. The molecular weight excluding hydrogens is 222 g/mol. The molecule has 0 amide bonds. The van der Waals surface area contributed by atoms with Gasteiger partial charge in [-0.25, -0.2) is 0 Å². The smallest absolute Gasteiger partial charge is 0.123 e. The van der Waals surface area contributed by atoms with Gasteiger partial charge < -0.3 is 10.5 Å². The Kier molecular flexibility index (Phi) is 3.13. The molecule has 1 fully saturated rings. The second-order valence-corrected chi connectivity index (χ2v) is 4.99. The van der Waals surface area contributed by atoms with E-state index in [1.807, 2.05) is 12.1 Å². The molecule has 2 N–H and O–H groups in total. The summed E-state index contributed by atoms with van der Waals surface area (Å²) in [5.74, 6) is 0.923. The average molecular weight is 240 g/mol. The Morgan fingerprint density at radius 3 is 2.56 bits per heavy atom. The second kappa shape index (κ2) is 4.27. The van der Waals surface area contributed by atoms with Crippen molar-refractivity contribution in [2.75, 3.05) is 13.7 Å². The molecule has 0 bridgehead atoms. The van der Waals surface area contributed by atoms with E-state index in [0.29, 0.717) is 6.54 Å². The van der Waals surface area contributed by atoms with Crippen LogP contribution in [0, 0.1) is 6.92 Å². The lowest BCUT2D eigenvalue weighted by Crippen LogP contribution is -2.42. The maximum absolute atomic E-state index is 6.19. The zero-order valence-corrected chi connectivity index (χ0v) is 10.6. The van der Waals surface area contributed by atoms with Gasteiger partial charge in [-0.3, -0.25) is 0 Å². The highest BCUT2D eigenvalue weighted by atomic mass is 35.5. The third-order valence-electron chi connectivity index (χ3n) is 3.81. The van der Waals surface area contributed by atoms with E-state index in [1.165, 1.54) is 12.0 Å². The molecule has 1 aromatic rings. The van der Waals surface area contributed by atoms with Gasteiger partial charge in [0.15, 0.2) is 0 Å². The van der Waals surface area contributed by atoms with Crippen LogP contribution in [0.1, 0.15) is 30.4 Å². The molecule has 0 saturated heterocycles. The van der Waals surface area contributed by atoms with Crippen LogP contribution in [-0.2, 0) is 5.41 Å². The molecule has 88 valence electrons. The Morgan fingerprint density at radius 1 is 1.44 bits per heavy atom. The van der Waals surface area contributed by atoms with Gasteiger partial charge in [-0.2, -0.15) is 0 Å². The molecule has 0 unspecified atom stereocenters. The molecule has 0 aliphatic heterocycles. The van der Waals surface area contributed by atoms with E-state index in [9.17, 15) is 0 Å². The summed E-state index contributed by atoms with van der Waals surface area (Å²) in [7, 11) is 1.70. The molecule has 2 rings (SSSR count). The van der Waals surface area contributed by atoms with Crippen LogP contribution in [0.5, 0.6) is 5.75 Å². The monoisotopic (exact) mass is 239 g/mol. The van der Waals surface area contributed by atoms with Gasteiger partial charge in [-0.1, -0.05) is 18.0 Å². The van der Waals surface area contributed by atoms with Crippen molar-refractivity contribution >= 4 is 11.6 Å². The number of halogens is 1. The number of methoxy groups -OCH3 is 1. The van der Waals surface area contributed by atoms with Gasteiger partial charge in [0.2, 0.25) is 0 Å². The van der Waals surface area contributed by atoms with Crippen LogP contribution < -0.4 is 10.5 Å². The maximum atomic E-state index is 6.19. The van der Waals surface area contributed by atoms with E-state index >= 15 is 0 Å². The highest BCUT2D eigenvalue weighted by molar-refractivity contribution is 6.31. The number of hydrogen-bond donors (Lipinski definition) is 1. The first-order valence-corrected chi connectivity index (χ1v) is 6.06. The molecule has 16 heavy (non-hydrogen) atoms. The van der Waals surface area contributed by atoms with E-state index in [1.54, 1.807) is 7.11 Å². The van der Waals surface area contributed by atoms with Crippen molar-refractivity contribution in [2.24, 2.45) is 5.73 Å². The standard InChI is InChI=1S/C13H18ClNO/c1-9-10(14)4-5-11(16-2)12(9)13(8-15)6-3-7-13/h4-5H,3,6-8,15H2,1-2H3.